The van der Waals surface area contributed by atoms with Crippen molar-refractivity contribution in [2.45, 2.75) is 57.3 Å². The van der Waals surface area contributed by atoms with E-state index in [4.69, 9.17) is 0 Å². The summed E-state index contributed by atoms with van der Waals surface area (Å²) < 4.78 is 27.0. The van der Waals surface area contributed by atoms with E-state index < -0.39 is 10.0 Å². The summed E-state index contributed by atoms with van der Waals surface area (Å²) in [4.78, 5) is 12.7. The van der Waals surface area contributed by atoms with E-state index in [2.05, 4.69) is 0 Å². The van der Waals surface area contributed by atoms with Gasteiger partial charge in [0.1, 0.15) is 0 Å². The van der Waals surface area contributed by atoms with Gasteiger partial charge in [0.25, 0.3) is 0 Å². The minimum absolute atomic E-state index is 0.0256. The summed E-state index contributed by atoms with van der Waals surface area (Å²) in [5, 5.41) is 0. The molecule has 1 aromatic rings. The summed E-state index contributed by atoms with van der Waals surface area (Å²) in [6.07, 6.45) is 7.54. The van der Waals surface area contributed by atoms with E-state index in [-0.39, 0.29) is 10.7 Å². The number of allylic oxidation sites excluding steroid dienone is 2. The van der Waals surface area contributed by atoms with Crippen LogP contribution in [-0.2, 0) is 10.0 Å². The smallest absolute Gasteiger partial charge is 0.243 e. The highest BCUT2D eigenvalue weighted by Crippen LogP contribution is 2.23. The molecular weight excluding hydrogens is 322 g/mol. The summed E-state index contributed by atoms with van der Waals surface area (Å²) in [7, 11) is -3.49. The molecule has 1 aliphatic rings. The zero-order valence-corrected chi connectivity index (χ0v) is 15.4. The zero-order valence-electron chi connectivity index (χ0n) is 14.6. The maximum atomic E-state index is 12.7. The molecule has 4 nitrogen and oxygen atoms in total. The molecule has 0 N–H and O–H groups in total. The van der Waals surface area contributed by atoms with Crippen molar-refractivity contribution in [2.75, 3.05) is 13.1 Å². The Morgan fingerprint density at radius 1 is 1.04 bits per heavy atom. The van der Waals surface area contributed by atoms with Crippen LogP contribution in [0, 0.1) is 0 Å². The number of carbonyl (C=O) groups is 1. The quantitative estimate of drug-likeness (QED) is 0.662. The second-order valence-corrected chi connectivity index (χ2v) is 8.17. The Morgan fingerprint density at radius 2 is 1.67 bits per heavy atom. The number of carbonyl (C=O) groups excluding carboxylic acids is 1. The lowest BCUT2D eigenvalue weighted by atomic mass is 9.93. The molecule has 0 amide bonds. The van der Waals surface area contributed by atoms with Crippen molar-refractivity contribution in [1.29, 1.82) is 0 Å². The molecule has 0 aromatic heterocycles. The second kappa shape index (κ2) is 8.58. The Balaban J connectivity index is 2.21. The van der Waals surface area contributed by atoms with Crippen LogP contribution in [0.1, 0.15) is 62.7 Å². The first kappa shape index (κ1) is 18.9. The molecule has 0 spiro atoms. The third-order valence-electron chi connectivity index (χ3n) is 4.28. The molecule has 0 unspecified atom stereocenters. The van der Waals surface area contributed by atoms with Crippen LogP contribution in [0.4, 0.5) is 0 Å². The summed E-state index contributed by atoms with van der Waals surface area (Å²) in [5.41, 5.74) is 1.43. The van der Waals surface area contributed by atoms with Crippen LogP contribution in [0.2, 0.25) is 0 Å². The normalized spacial score (nSPS) is 15.4. The van der Waals surface area contributed by atoms with Gasteiger partial charge in [-0.2, -0.15) is 4.31 Å². The van der Waals surface area contributed by atoms with Gasteiger partial charge in [-0.3, -0.25) is 4.79 Å². The topological polar surface area (TPSA) is 54.5 Å². The number of Topliss-reactive ketones (excluding diaryl/α,β-unsaturated/α-hetero) is 1. The Hall–Kier alpha value is -1.46. The Bertz CT molecular complexity index is 684. The average molecular weight is 349 g/mol. The maximum absolute atomic E-state index is 12.7. The van der Waals surface area contributed by atoms with E-state index in [1.165, 1.54) is 4.31 Å². The lowest BCUT2D eigenvalue weighted by Gasteiger charge is -2.21. The van der Waals surface area contributed by atoms with Crippen molar-refractivity contribution >= 4 is 15.8 Å². The van der Waals surface area contributed by atoms with Gasteiger partial charge in [-0.25, -0.2) is 8.42 Å². The highest BCUT2D eigenvalue weighted by atomic mass is 32.2. The van der Waals surface area contributed by atoms with E-state index in [0.29, 0.717) is 18.7 Å². The molecule has 0 atom stereocenters. The van der Waals surface area contributed by atoms with E-state index in [1.807, 2.05) is 19.9 Å². The van der Waals surface area contributed by atoms with Gasteiger partial charge >= 0.3 is 0 Å². The molecule has 2 rings (SSSR count). The molecule has 1 aromatic carbocycles. The van der Waals surface area contributed by atoms with Crippen LogP contribution in [0.15, 0.2) is 40.8 Å². The Kier molecular flexibility index (Phi) is 6.75. The lowest BCUT2D eigenvalue weighted by Crippen LogP contribution is -2.32. The zero-order chi connectivity index (χ0) is 17.6. The molecule has 0 radical (unpaired) electrons. The average Bonchev–Trinajstić information content (AvgIpc) is 2.62. The van der Waals surface area contributed by atoms with Crippen LogP contribution in [0.25, 0.3) is 0 Å². The first-order valence-electron chi connectivity index (χ1n) is 8.84. The van der Waals surface area contributed by atoms with Crippen LogP contribution >= 0.6 is 0 Å². The maximum Gasteiger partial charge on any atom is 0.243 e. The van der Waals surface area contributed by atoms with Gasteiger partial charge in [-0.05, 0) is 68.4 Å². The number of nitrogens with zero attached hydrogens (tertiary/aromatic N) is 1. The van der Waals surface area contributed by atoms with Gasteiger partial charge in [0.2, 0.25) is 10.0 Å². The van der Waals surface area contributed by atoms with Crippen molar-refractivity contribution in [2.24, 2.45) is 0 Å². The molecule has 0 heterocycles. The number of hydrogen-bond donors (Lipinski definition) is 0. The summed E-state index contributed by atoms with van der Waals surface area (Å²) in [6, 6.07) is 6.40. The van der Waals surface area contributed by atoms with Crippen molar-refractivity contribution in [1.82, 2.24) is 4.31 Å². The largest absolute Gasteiger partial charge is 0.289 e. The summed E-state index contributed by atoms with van der Waals surface area (Å²) in [6.45, 7) is 4.98. The molecule has 0 aliphatic heterocycles. The molecule has 0 fully saturated rings. The van der Waals surface area contributed by atoms with Crippen LogP contribution in [-0.4, -0.2) is 31.6 Å². The second-order valence-electron chi connectivity index (χ2n) is 6.23. The molecule has 0 saturated heterocycles. The summed E-state index contributed by atoms with van der Waals surface area (Å²) >= 11 is 0. The van der Waals surface area contributed by atoms with Gasteiger partial charge in [-0.15, -0.1) is 0 Å². The number of hydrogen-bond acceptors (Lipinski definition) is 3. The first-order chi connectivity index (χ1) is 11.5. The minimum Gasteiger partial charge on any atom is -0.289 e. The van der Waals surface area contributed by atoms with Crippen molar-refractivity contribution in [3.05, 3.63) is 41.5 Å². The lowest BCUT2D eigenvalue weighted by molar-refractivity contribution is 0.102. The Morgan fingerprint density at radius 3 is 2.17 bits per heavy atom. The monoisotopic (exact) mass is 349 g/mol. The molecule has 24 heavy (non-hydrogen) atoms. The third-order valence-corrected chi connectivity index (χ3v) is 6.20. The van der Waals surface area contributed by atoms with Crippen molar-refractivity contribution in [3.63, 3.8) is 0 Å². The summed E-state index contributed by atoms with van der Waals surface area (Å²) in [5.74, 6) is 0.0256. The van der Waals surface area contributed by atoms with E-state index in [0.717, 1.165) is 44.1 Å². The van der Waals surface area contributed by atoms with E-state index >= 15 is 0 Å². The Labute approximate surface area is 145 Å². The molecular formula is C19H27NO3S. The number of ketones is 1. The van der Waals surface area contributed by atoms with Gasteiger partial charge in [0.05, 0.1) is 4.90 Å². The van der Waals surface area contributed by atoms with Gasteiger partial charge < -0.3 is 0 Å². The fourth-order valence-corrected chi connectivity index (χ4v) is 4.63. The molecule has 0 saturated carbocycles. The molecule has 0 bridgehead atoms. The number of rotatable bonds is 8. The van der Waals surface area contributed by atoms with E-state index in [9.17, 15) is 13.2 Å². The highest BCUT2D eigenvalue weighted by molar-refractivity contribution is 7.89. The van der Waals surface area contributed by atoms with Gasteiger partial charge in [-0.1, -0.05) is 19.9 Å². The van der Waals surface area contributed by atoms with Gasteiger partial charge in [0, 0.05) is 18.7 Å². The number of sulfonamides is 1. The van der Waals surface area contributed by atoms with Crippen LogP contribution in [0.3, 0.4) is 0 Å². The fraction of sp³-hybridized carbons (Fsp3) is 0.526. The third kappa shape index (κ3) is 4.33. The fourth-order valence-electron chi connectivity index (χ4n) is 3.01. The molecule has 132 valence electrons. The standard InChI is InChI=1S/C19H27NO3S/c1-3-14-20(15-4-2)24(22,23)18-12-10-17(11-13-18)19(21)16-8-6-5-7-9-16/h8,10-13H,3-7,9,14-15H2,1-2H3. The number of benzene rings is 1. The predicted molar refractivity (Wildman–Crippen MR) is 96.7 cm³/mol. The van der Waals surface area contributed by atoms with Crippen molar-refractivity contribution in [3.8, 4) is 0 Å². The van der Waals surface area contributed by atoms with Crippen molar-refractivity contribution < 1.29 is 13.2 Å². The van der Waals surface area contributed by atoms with Crippen LogP contribution < -0.4 is 0 Å². The van der Waals surface area contributed by atoms with Gasteiger partial charge in [0.15, 0.2) is 5.78 Å². The van der Waals surface area contributed by atoms with E-state index in [1.54, 1.807) is 24.3 Å². The molecule has 5 heteroatoms. The predicted octanol–water partition coefficient (Wildman–Crippen LogP) is 4.18. The molecule has 1 aliphatic carbocycles. The minimum atomic E-state index is -3.49. The highest BCUT2D eigenvalue weighted by Gasteiger charge is 2.23. The van der Waals surface area contributed by atoms with Crippen LogP contribution in [0.5, 0.6) is 0 Å². The first-order valence-corrected chi connectivity index (χ1v) is 10.3. The SMILES string of the molecule is CCCN(CCC)S(=O)(=O)c1ccc(C(=O)C2=CCCCC2)cc1.